The van der Waals surface area contributed by atoms with E-state index in [2.05, 4.69) is 41.5 Å². The topological polar surface area (TPSA) is 95.2 Å². The minimum atomic E-state index is 0.503. The van der Waals surface area contributed by atoms with Gasteiger partial charge in [0.15, 0.2) is 6.19 Å². The summed E-state index contributed by atoms with van der Waals surface area (Å²) in [6, 6.07) is 7.66. The molecule has 0 saturated heterocycles. The first-order valence-corrected chi connectivity index (χ1v) is 12.0. The Balaban J connectivity index is 1.65. The van der Waals surface area contributed by atoms with Crippen molar-refractivity contribution in [2.24, 2.45) is 4.99 Å². The van der Waals surface area contributed by atoms with E-state index in [0.29, 0.717) is 19.0 Å². The molecule has 0 aromatic carbocycles. The first kappa shape index (κ1) is 23.3. The van der Waals surface area contributed by atoms with E-state index in [0.717, 1.165) is 44.6 Å². The molecular formula is C19H23BrN6OS2. The van der Waals surface area contributed by atoms with E-state index in [9.17, 15) is 0 Å². The van der Waals surface area contributed by atoms with Crippen molar-refractivity contribution in [2.45, 2.75) is 11.5 Å². The van der Waals surface area contributed by atoms with Crippen molar-refractivity contribution in [2.75, 3.05) is 31.7 Å². The zero-order valence-electron chi connectivity index (χ0n) is 16.1. The Kier molecular flexibility index (Phi) is 11.3. The number of guanidine groups is 1. The molecule has 10 heteroatoms. The number of pyridine rings is 2. The van der Waals surface area contributed by atoms with Gasteiger partial charge in [0.05, 0.1) is 25.0 Å². The van der Waals surface area contributed by atoms with Crippen molar-refractivity contribution in [1.82, 2.24) is 20.6 Å². The number of hydrogen-bond acceptors (Lipinski definition) is 7. The summed E-state index contributed by atoms with van der Waals surface area (Å²) in [4.78, 5) is 13.1. The number of rotatable bonds is 11. The summed E-state index contributed by atoms with van der Waals surface area (Å²) in [6.45, 7) is 1.31. The normalized spacial score (nSPS) is 11.0. The van der Waals surface area contributed by atoms with E-state index in [1.165, 1.54) is 0 Å². The summed E-state index contributed by atoms with van der Waals surface area (Å²) in [5.74, 6) is 4.59. The van der Waals surface area contributed by atoms with Crippen LogP contribution in [0.1, 0.15) is 11.4 Å². The fourth-order valence-electron chi connectivity index (χ4n) is 2.24. The molecule has 0 aliphatic carbocycles. The molecule has 2 heterocycles. The highest BCUT2D eigenvalue weighted by molar-refractivity contribution is 9.10. The van der Waals surface area contributed by atoms with Gasteiger partial charge in [0.1, 0.15) is 5.75 Å². The van der Waals surface area contributed by atoms with Gasteiger partial charge in [-0.15, -0.1) is 0 Å². The highest BCUT2D eigenvalue weighted by atomic mass is 79.9. The summed E-state index contributed by atoms with van der Waals surface area (Å²) in [6.07, 6.45) is 5.48. The highest BCUT2D eigenvalue weighted by Gasteiger charge is 2.04. The number of nitrogens with one attached hydrogen (secondary N) is 2. The molecule has 0 fully saturated rings. The van der Waals surface area contributed by atoms with Crippen molar-refractivity contribution in [3.05, 3.63) is 52.5 Å². The van der Waals surface area contributed by atoms with Gasteiger partial charge in [0.25, 0.3) is 0 Å². The van der Waals surface area contributed by atoms with Crippen molar-refractivity contribution in [1.29, 1.82) is 5.26 Å². The van der Waals surface area contributed by atoms with Crippen molar-refractivity contribution < 1.29 is 4.74 Å². The van der Waals surface area contributed by atoms with Crippen LogP contribution in [0.5, 0.6) is 5.75 Å². The molecule has 0 spiro atoms. The second kappa shape index (κ2) is 14.1. The number of halogens is 1. The molecule has 0 aliphatic heterocycles. The summed E-state index contributed by atoms with van der Waals surface area (Å²) in [7, 11) is 1.65. The van der Waals surface area contributed by atoms with Crippen molar-refractivity contribution >= 4 is 45.4 Å². The molecule has 2 rings (SSSR count). The monoisotopic (exact) mass is 494 g/mol. The molecular weight excluding hydrogens is 472 g/mol. The van der Waals surface area contributed by atoms with Crippen LogP contribution in [-0.2, 0) is 11.5 Å². The summed E-state index contributed by atoms with van der Waals surface area (Å²) >= 11 is 6.99. The molecule has 7 nitrogen and oxygen atoms in total. The number of hydrogen-bond donors (Lipinski definition) is 2. The van der Waals surface area contributed by atoms with Crippen LogP contribution >= 0.6 is 39.5 Å². The lowest BCUT2D eigenvalue weighted by Crippen LogP contribution is -2.36. The van der Waals surface area contributed by atoms with Gasteiger partial charge in [-0.05, 0) is 40.2 Å². The Morgan fingerprint density at radius 1 is 1.17 bits per heavy atom. The third kappa shape index (κ3) is 8.94. The number of nitriles is 1. The molecule has 2 aromatic rings. The van der Waals surface area contributed by atoms with Gasteiger partial charge in [-0.1, -0.05) is 0 Å². The maximum atomic E-state index is 8.90. The average Bonchev–Trinajstić information content (AvgIpc) is 2.74. The van der Waals surface area contributed by atoms with Crippen LogP contribution < -0.4 is 15.4 Å². The molecule has 154 valence electrons. The molecule has 0 saturated carbocycles. The molecule has 2 aromatic heterocycles. The standard InChI is InChI=1S/C19H23BrN6OS2/c1-27-18-5-3-7-23-17(18)13-29-11-9-25-19(26-14-21)24-8-10-28-12-16-15(20)4-2-6-22-16/h2-7H,8-13H2,1H3,(H2,24,25,26). The zero-order valence-corrected chi connectivity index (χ0v) is 19.3. The lowest BCUT2D eigenvalue weighted by Gasteiger charge is -2.09. The Morgan fingerprint density at radius 2 is 1.90 bits per heavy atom. The van der Waals surface area contributed by atoms with Gasteiger partial charge in [0.2, 0.25) is 5.96 Å². The lowest BCUT2D eigenvalue weighted by atomic mass is 10.3. The molecule has 0 radical (unpaired) electrons. The van der Waals surface area contributed by atoms with Gasteiger partial charge < -0.3 is 10.1 Å². The molecule has 0 aliphatic rings. The zero-order chi connectivity index (χ0) is 20.7. The third-order valence-electron chi connectivity index (χ3n) is 3.60. The van der Waals surface area contributed by atoms with E-state index in [4.69, 9.17) is 10.00 Å². The second-order valence-corrected chi connectivity index (χ2v) is 8.65. The lowest BCUT2D eigenvalue weighted by molar-refractivity contribution is 0.409. The minimum absolute atomic E-state index is 0.503. The van der Waals surface area contributed by atoms with Crippen LogP contribution in [0.4, 0.5) is 0 Å². The largest absolute Gasteiger partial charge is 0.495 e. The number of aliphatic imine (C=N–C) groups is 1. The maximum absolute atomic E-state index is 8.90. The molecule has 0 unspecified atom stereocenters. The summed E-state index contributed by atoms with van der Waals surface area (Å²) < 4.78 is 6.33. The van der Waals surface area contributed by atoms with Crippen LogP contribution in [0.25, 0.3) is 0 Å². The Hall–Kier alpha value is -1.96. The van der Waals surface area contributed by atoms with Crippen molar-refractivity contribution in [3.8, 4) is 11.9 Å². The maximum Gasteiger partial charge on any atom is 0.204 e. The minimum Gasteiger partial charge on any atom is -0.495 e. The van der Waals surface area contributed by atoms with E-state index in [1.807, 2.05) is 30.5 Å². The highest BCUT2D eigenvalue weighted by Crippen LogP contribution is 2.20. The molecule has 0 amide bonds. The Morgan fingerprint density at radius 3 is 2.66 bits per heavy atom. The van der Waals surface area contributed by atoms with E-state index in [-0.39, 0.29) is 0 Å². The van der Waals surface area contributed by atoms with Gasteiger partial charge in [0, 0.05) is 46.4 Å². The molecule has 29 heavy (non-hydrogen) atoms. The van der Waals surface area contributed by atoms with Crippen LogP contribution in [0, 0.1) is 11.5 Å². The van der Waals surface area contributed by atoms with E-state index in [1.54, 1.807) is 43.0 Å². The van der Waals surface area contributed by atoms with E-state index >= 15 is 0 Å². The Labute approximate surface area is 188 Å². The number of nitrogens with zero attached hydrogens (tertiary/aromatic N) is 4. The SMILES string of the molecule is COc1cccnc1CSCCN/C(=N/CCSCc1ncccc1Br)NC#N. The summed E-state index contributed by atoms with van der Waals surface area (Å²) in [5, 5.41) is 14.7. The molecule has 0 atom stereocenters. The number of thioether (sulfide) groups is 2. The first-order chi connectivity index (χ1) is 14.2. The fourth-order valence-corrected chi connectivity index (χ4v) is 4.41. The van der Waals surface area contributed by atoms with Gasteiger partial charge in [-0.25, -0.2) is 0 Å². The second-order valence-electron chi connectivity index (χ2n) is 5.58. The van der Waals surface area contributed by atoms with Crippen LogP contribution in [0.3, 0.4) is 0 Å². The average molecular weight is 495 g/mol. The van der Waals surface area contributed by atoms with Crippen LogP contribution in [0.2, 0.25) is 0 Å². The first-order valence-electron chi connectivity index (χ1n) is 8.90. The number of methoxy groups -OCH3 is 1. The molecule has 0 bridgehead atoms. The quantitative estimate of drug-likeness (QED) is 0.161. The van der Waals surface area contributed by atoms with Gasteiger partial charge in [-0.2, -0.15) is 28.8 Å². The van der Waals surface area contributed by atoms with E-state index < -0.39 is 0 Å². The summed E-state index contributed by atoms with van der Waals surface area (Å²) in [5.41, 5.74) is 1.96. The van der Waals surface area contributed by atoms with Crippen LogP contribution in [-0.4, -0.2) is 47.6 Å². The van der Waals surface area contributed by atoms with Gasteiger partial charge in [-0.3, -0.25) is 20.3 Å². The number of aromatic nitrogens is 2. The molecule has 2 N–H and O–H groups in total. The van der Waals surface area contributed by atoms with Crippen molar-refractivity contribution in [3.63, 3.8) is 0 Å². The third-order valence-corrected chi connectivity index (χ3v) is 6.24. The predicted octanol–water partition coefficient (Wildman–Crippen LogP) is 3.43. The van der Waals surface area contributed by atoms with Crippen LogP contribution in [0.15, 0.2) is 46.1 Å². The smallest absolute Gasteiger partial charge is 0.204 e. The number of ether oxygens (including phenoxy) is 1. The van der Waals surface area contributed by atoms with Gasteiger partial charge >= 0.3 is 0 Å². The Bertz CT molecular complexity index is 830. The predicted molar refractivity (Wildman–Crippen MR) is 124 cm³/mol. The fraction of sp³-hybridized carbons (Fsp3) is 0.368.